The Kier molecular flexibility index (Phi) is 7.25. The molecular weight excluding hydrogens is 511 g/mol. The molecule has 0 bridgehead atoms. The number of halogens is 2. The normalized spacial score (nSPS) is 15.5. The quantitative estimate of drug-likeness (QED) is 0.367. The van der Waals surface area contributed by atoms with Gasteiger partial charge in [0.1, 0.15) is 5.75 Å². The molecule has 1 atom stereocenters. The highest BCUT2D eigenvalue weighted by Crippen LogP contribution is 2.31. The van der Waals surface area contributed by atoms with Crippen LogP contribution in [0, 0.1) is 0 Å². The van der Waals surface area contributed by atoms with Gasteiger partial charge in [-0.15, -0.1) is 0 Å². The molecule has 0 amide bonds. The van der Waals surface area contributed by atoms with Crippen LogP contribution in [0.25, 0.3) is 6.08 Å². The first-order chi connectivity index (χ1) is 16.7. The first-order valence-corrected chi connectivity index (χ1v) is 12.2. The van der Waals surface area contributed by atoms with Crippen LogP contribution in [0.2, 0.25) is 10.0 Å². The summed E-state index contributed by atoms with van der Waals surface area (Å²) in [6.45, 7) is 4.90. The third kappa shape index (κ3) is 5.10. The molecule has 0 radical (unpaired) electrons. The van der Waals surface area contributed by atoms with Crippen LogP contribution in [0.1, 0.15) is 37.9 Å². The number of fused-ring (bicyclic) bond motifs is 1. The Morgan fingerprint density at radius 1 is 1.17 bits per heavy atom. The van der Waals surface area contributed by atoms with E-state index in [1.54, 1.807) is 62.4 Å². The molecule has 10 heteroatoms. The van der Waals surface area contributed by atoms with E-state index < -0.39 is 18.0 Å². The highest BCUT2D eigenvalue weighted by Gasteiger charge is 2.33. The highest BCUT2D eigenvalue weighted by atomic mass is 35.5. The minimum Gasteiger partial charge on any atom is -0.463 e. The van der Waals surface area contributed by atoms with Crippen molar-refractivity contribution in [3.63, 3.8) is 0 Å². The zero-order chi connectivity index (χ0) is 25.3. The zero-order valence-electron chi connectivity index (χ0n) is 19.0. The zero-order valence-corrected chi connectivity index (χ0v) is 21.3. The van der Waals surface area contributed by atoms with Gasteiger partial charge in [-0.1, -0.05) is 52.7 Å². The van der Waals surface area contributed by atoms with E-state index in [-0.39, 0.29) is 17.7 Å². The summed E-state index contributed by atoms with van der Waals surface area (Å²) >= 11 is 13.5. The molecule has 0 fully saturated rings. The van der Waals surface area contributed by atoms with Gasteiger partial charge < -0.3 is 9.47 Å². The number of carbonyl (C=O) groups is 2. The monoisotopic (exact) mass is 530 g/mol. The van der Waals surface area contributed by atoms with E-state index in [2.05, 4.69) is 4.99 Å². The summed E-state index contributed by atoms with van der Waals surface area (Å²) in [5.74, 6) is -0.656. The number of esters is 2. The second-order valence-electron chi connectivity index (χ2n) is 7.63. The molecule has 0 spiro atoms. The smallest absolute Gasteiger partial charge is 0.338 e. The summed E-state index contributed by atoms with van der Waals surface area (Å²) in [6, 6.07) is 10.9. The number of ether oxygens (including phenoxy) is 2. The average molecular weight is 531 g/mol. The van der Waals surface area contributed by atoms with Gasteiger partial charge in [-0.3, -0.25) is 14.2 Å². The Bertz CT molecular complexity index is 1540. The van der Waals surface area contributed by atoms with Crippen molar-refractivity contribution in [3.8, 4) is 5.75 Å². The first-order valence-electron chi connectivity index (χ1n) is 10.6. The SMILES string of the molecule is CCOC(=O)C1=C(C)N=c2sc(=Cc3ccc(Cl)cc3Cl)c(=O)n2C1c1ccc(OC(C)=O)cc1. The van der Waals surface area contributed by atoms with Crippen LogP contribution in [-0.4, -0.2) is 23.1 Å². The third-order valence-corrected chi connectivity index (χ3v) is 6.77. The maximum absolute atomic E-state index is 13.6. The summed E-state index contributed by atoms with van der Waals surface area (Å²) in [4.78, 5) is 42.8. The Hall–Kier alpha value is -3.20. The minimum absolute atomic E-state index is 0.174. The average Bonchev–Trinajstić information content (AvgIpc) is 3.09. The molecule has 1 aliphatic heterocycles. The summed E-state index contributed by atoms with van der Waals surface area (Å²) in [5, 5.41) is 0.893. The Morgan fingerprint density at radius 2 is 1.89 bits per heavy atom. The second-order valence-corrected chi connectivity index (χ2v) is 9.48. The number of rotatable bonds is 5. The summed E-state index contributed by atoms with van der Waals surface area (Å²) in [7, 11) is 0. The summed E-state index contributed by atoms with van der Waals surface area (Å²) in [6.07, 6.45) is 1.67. The Balaban J connectivity index is 1.91. The lowest BCUT2D eigenvalue weighted by molar-refractivity contribution is -0.139. The van der Waals surface area contributed by atoms with Crippen LogP contribution in [0.3, 0.4) is 0 Å². The van der Waals surface area contributed by atoms with E-state index in [9.17, 15) is 14.4 Å². The van der Waals surface area contributed by atoms with E-state index in [1.165, 1.54) is 22.8 Å². The van der Waals surface area contributed by atoms with Gasteiger partial charge in [0.05, 0.1) is 28.5 Å². The topological polar surface area (TPSA) is 87.0 Å². The molecule has 0 saturated heterocycles. The number of benzene rings is 2. The van der Waals surface area contributed by atoms with Gasteiger partial charge in [-0.05, 0) is 55.3 Å². The Labute approximate surface area is 214 Å². The van der Waals surface area contributed by atoms with Crippen molar-refractivity contribution in [2.24, 2.45) is 4.99 Å². The van der Waals surface area contributed by atoms with E-state index >= 15 is 0 Å². The molecular formula is C25H20Cl2N2O5S. The largest absolute Gasteiger partial charge is 0.463 e. The van der Waals surface area contributed by atoms with Crippen molar-refractivity contribution >= 4 is 52.6 Å². The standard InChI is InChI=1S/C25H20Cl2N2O5S/c1-4-33-24(32)21-13(2)28-25-29(22(21)15-6-9-18(10-7-15)34-14(3)30)23(31)20(35-25)11-16-5-8-17(26)12-19(16)27/h5-12,22H,4H2,1-3H3. The van der Waals surface area contributed by atoms with Crippen molar-refractivity contribution in [2.45, 2.75) is 26.8 Å². The van der Waals surface area contributed by atoms with Crippen molar-refractivity contribution in [1.29, 1.82) is 0 Å². The second kappa shape index (κ2) is 10.2. The number of nitrogens with zero attached hydrogens (tertiary/aromatic N) is 2. The molecule has 4 rings (SSSR count). The molecule has 0 N–H and O–H groups in total. The molecule has 7 nitrogen and oxygen atoms in total. The van der Waals surface area contributed by atoms with Crippen molar-refractivity contribution < 1.29 is 19.1 Å². The molecule has 180 valence electrons. The number of hydrogen-bond donors (Lipinski definition) is 0. The first kappa shape index (κ1) is 24.9. The van der Waals surface area contributed by atoms with Gasteiger partial charge in [0, 0.05) is 17.0 Å². The predicted octanol–water partition coefficient (Wildman–Crippen LogP) is 4.03. The van der Waals surface area contributed by atoms with E-state index in [0.717, 1.165) is 0 Å². The molecule has 35 heavy (non-hydrogen) atoms. The van der Waals surface area contributed by atoms with Crippen molar-refractivity contribution in [3.05, 3.63) is 94.6 Å². The third-order valence-electron chi connectivity index (χ3n) is 5.22. The Morgan fingerprint density at radius 3 is 2.51 bits per heavy atom. The van der Waals surface area contributed by atoms with Crippen LogP contribution < -0.4 is 19.6 Å². The van der Waals surface area contributed by atoms with E-state index in [1.807, 2.05) is 0 Å². The molecule has 1 aromatic heterocycles. The molecule has 1 aliphatic rings. The number of allylic oxidation sites excluding steroid dienone is 1. The lowest BCUT2D eigenvalue weighted by Gasteiger charge is -2.24. The van der Waals surface area contributed by atoms with Gasteiger partial charge >= 0.3 is 11.9 Å². The van der Waals surface area contributed by atoms with Gasteiger partial charge in [-0.25, -0.2) is 9.79 Å². The molecule has 2 heterocycles. The van der Waals surface area contributed by atoms with Gasteiger partial charge in [0.15, 0.2) is 4.80 Å². The maximum Gasteiger partial charge on any atom is 0.338 e. The summed E-state index contributed by atoms with van der Waals surface area (Å²) < 4.78 is 12.3. The molecule has 1 unspecified atom stereocenters. The van der Waals surface area contributed by atoms with E-state index in [4.69, 9.17) is 32.7 Å². The highest BCUT2D eigenvalue weighted by molar-refractivity contribution is 7.07. The van der Waals surface area contributed by atoms with Crippen LogP contribution in [0.15, 0.2) is 63.5 Å². The van der Waals surface area contributed by atoms with Crippen molar-refractivity contribution in [1.82, 2.24) is 4.57 Å². The predicted molar refractivity (Wildman–Crippen MR) is 135 cm³/mol. The maximum atomic E-state index is 13.6. The van der Waals surface area contributed by atoms with Crippen LogP contribution in [-0.2, 0) is 14.3 Å². The lowest BCUT2D eigenvalue weighted by Crippen LogP contribution is -2.39. The minimum atomic E-state index is -0.778. The summed E-state index contributed by atoms with van der Waals surface area (Å²) in [5.41, 5.74) is 1.65. The fourth-order valence-electron chi connectivity index (χ4n) is 3.75. The number of thiazole rings is 1. The van der Waals surface area contributed by atoms with Crippen molar-refractivity contribution in [2.75, 3.05) is 6.61 Å². The number of hydrogen-bond acceptors (Lipinski definition) is 7. The van der Waals surface area contributed by atoms with Gasteiger partial charge in [0.2, 0.25) is 0 Å². The van der Waals surface area contributed by atoms with Crippen LogP contribution >= 0.6 is 34.5 Å². The fraction of sp³-hybridized carbons (Fsp3) is 0.200. The lowest BCUT2D eigenvalue weighted by atomic mass is 9.96. The molecule has 0 saturated carbocycles. The molecule has 0 aliphatic carbocycles. The number of carbonyl (C=O) groups excluding carboxylic acids is 2. The number of aromatic nitrogens is 1. The van der Waals surface area contributed by atoms with E-state index in [0.29, 0.717) is 42.0 Å². The molecule has 3 aromatic rings. The van der Waals surface area contributed by atoms with Crippen LogP contribution in [0.5, 0.6) is 5.75 Å². The molecule has 2 aromatic carbocycles. The van der Waals surface area contributed by atoms with Gasteiger partial charge in [-0.2, -0.15) is 0 Å². The van der Waals surface area contributed by atoms with Crippen LogP contribution in [0.4, 0.5) is 0 Å². The van der Waals surface area contributed by atoms with Gasteiger partial charge in [0.25, 0.3) is 5.56 Å². The fourth-order valence-corrected chi connectivity index (χ4v) is 5.25.